The van der Waals surface area contributed by atoms with Crippen LogP contribution in [0, 0.1) is 0 Å². The van der Waals surface area contributed by atoms with Gasteiger partial charge in [-0.3, -0.25) is 0 Å². The molecule has 0 spiro atoms. The zero-order valence-electron chi connectivity index (χ0n) is 8.72. The van der Waals surface area contributed by atoms with E-state index in [1.54, 1.807) is 12.3 Å². The van der Waals surface area contributed by atoms with E-state index in [4.69, 9.17) is 10.2 Å². The molecule has 2 N–H and O–H groups in total. The monoisotopic (exact) mass is 289 g/mol. The lowest BCUT2D eigenvalue weighted by Gasteiger charge is -1.94. The maximum atomic E-state index is 5.64. The number of rotatable bonds is 1. The number of pyridine rings is 1. The van der Waals surface area contributed by atoms with Gasteiger partial charge in [0.15, 0.2) is 11.2 Å². The van der Waals surface area contributed by atoms with E-state index < -0.39 is 0 Å². The van der Waals surface area contributed by atoms with Gasteiger partial charge in [0.2, 0.25) is 5.89 Å². The van der Waals surface area contributed by atoms with E-state index >= 15 is 0 Å². The van der Waals surface area contributed by atoms with E-state index in [1.165, 1.54) is 0 Å². The normalized spacial score (nSPS) is 10.9. The summed E-state index contributed by atoms with van der Waals surface area (Å²) in [6.45, 7) is 0. The molecular formula is C12H8BrN3O. The fourth-order valence-corrected chi connectivity index (χ4v) is 1.98. The molecular weight excluding hydrogens is 282 g/mol. The van der Waals surface area contributed by atoms with Gasteiger partial charge in [0.05, 0.1) is 11.9 Å². The zero-order valence-corrected chi connectivity index (χ0v) is 10.3. The largest absolute Gasteiger partial charge is 0.434 e. The van der Waals surface area contributed by atoms with Crippen LogP contribution in [0.1, 0.15) is 0 Å². The van der Waals surface area contributed by atoms with E-state index in [1.807, 2.05) is 24.3 Å². The van der Waals surface area contributed by atoms with Crippen molar-refractivity contribution in [1.82, 2.24) is 9.97 Å². The number of hydrogen-bond acceptors (Lipinski definition) is 4. The number of aromatic nitrogens is 2. The van der Waals surface area contributed by atoms with E-state index in [0.717, 1.165) is 10.0 Å². The molecule has 0 radical (unpaired) electrons. The van der Waals surface area contributed by atoms with Gasteiger partial charge in [-0.2, -0.15) is 4.98 Å². The quantitative estimate of drug-likeness (QED) is 0.747. The van der Waals surface area contributed by atoms with E-state index in [9.17, 15) is 0 Å². The average molecular weight is 290 g/mol. The fraction of sp³-hybridized carbons (Fsp3) is 0. The number of fused-ring (bicyclic) bond motifs is 1. The van der Waals surface area contributed by atoms with E-state index in [-0.39, 0.29) is 0 Å². The summed E-state index contributed by atoms with van der Waals surface area (Å²) >= 11 is 3.41. The molecule has 0 aliphatic heterocycles. The Bertz CT molecular complexity index is 693. The molecule has 1 aromatic carbocycles. The van der Waals surface area contributed by atoms with Crippen molar-refractivity contribution in [2.45, 2.75) is 0 Å². The van der Waals surface area contributed by atoms with Gasteiger partial charge in [-0.05, 0) is 18.2 Å². The molecule has 0 saturated heterocycles. The third-order valence-corrected chi connectivity index (χ3v) is 2.83. The first-order valence-electron chi connectivity index (χ1n) is 5.00. The molecule has 2 heterocycles. The number of halogens is 1. The Morgan fingerprint density at radius 1 is 1.24 bits per heavy atom. The molecule has 0 bridgehead atoms. The highest BCUT2D eigenvalue weighted by atomic mass is 79.9. The van der Waals surface area contributed by atoms with Crippen LogP contribution >= 0.6 is 15.9 Å². The maximum Gasteiger partial charge on any atom is 0.228 e. The zero-order chi connectivity index (χ0) is 11.8. The number of hydrogen-bond donors (Lipinski definition) is 1. The van der Waals surface area contributed by atoms with Crippen LogP contribution < -0.4 is 5.73 Å². The summed E-state index contributed by atoms with van der Waals surface area (Å²) in [4.78, 5) is 8.42. The molecule has 0 aliphatic rings. The van der Waals surface area contributed by atoms with Crippen molar-refractivity contribution in [3.05, 3.63) is 41.0 Å². The minimum Gasteiger partial charge on any atom is -0.434 e. The first-order chi connectivity index (χ1) is 8.22. The Balaban J connectivity index is 2.18. The van der Waals surface area contributed by atoms with Gasteiger partial charge in [-0.1, -0.05) is 22.0 Å². The average Bonchev–Trinajstić information content (AvgIpc) is 2.72. The summed E-state index contributed by atoms with van der Waals surface area (Å²) in [5, 5.41) is 0. The van der Waals surface area contributed by atoms with Gasteiger partial charge in [0.1, 0.15) is 0 Å². The number of nitrogens with two attached hydrogens (primary N) is 1. The summed E-state index contributed by atoms with van der Waals surface area (Å²) in [5.41, 5.74) is 8.26. The van der Waals surface area contributed by atoms with Gasteiger partial charge in [-0.15, -0.1) is 0 Å². The highest BCUT2D eigenvalue weighted by molar-refractivity contribution is 9.10. The molecule has 4 nitrogen and oxygen atoms in total. The van der Waals surface area contributed by atoms with Crippen molar-refractivity contribution in [1.29, 1.82) is 0 Å². The molecule has 2 aromatic heterocycles. The predicted molar refractivity (Wildman–Crippen MR) is 69.4 cm³/mol. The number of nitrogen functional groups attached to an aromatic ring is 1. The van der Waals surface area contributed by atoms with Crippen molar-refractivity contribution in [3.8, 4) is 11.5 Å². The van der Waals surface area contributed by atoms with Crippen molar-refractivity contribution in [3.63, 3.8) is 0 Å². The lowest BCUT2D eigenvalue weighted by molar-refractivity contribution is 0.620. The van der Waals surface area contributed by atoms with Gasteiger partial charge < -0.3 is 10.2 Å². The van der Waals surface area contributed by atoms with E-state index in [2.05, 4.69) is 25.9 Å². The molecule has 5 heteroatoms. The summed E-state index contributed by atoms with van der Waals surface area (Å²) in [6.07, 6.45) is 1.57. The SMILES string of the molecule is Nc1cnc2nc(-c3cccc(Br)c3)oc2c1. The number of anilines is 1. The minimum absolute atomic E-state index is 0.541. The molecule has 3 aromatic rings. The molecule has 17 heavy (non-hydrogen) atoms. The van der Waals surface area contributed by atoms with Crippen LogP contribution in [0.5, 0.6) is 0 Å². The van der Waals surface area contributed by atoms with Crippen molar-refractivity contribution in [2.24, 2.45) is 0 Å². The topological polar surface area (TPSA) is 64.9 Å². The van der Waals surface area contributed by atoms with E-state index in [0.29, 0.717) is 22.8 Å². The highest BCUT2D eigenvalue weighted by Gasteiger charge is 2.09. The lowest BCUT2D eigenvalue weighted by atomic mass is 10.2. The van der Waals surface area contributed by atoms with Crippen molar-refractivity contribution in [2.75, 3.05) is 5.73 Å². The molecule has 0 saturated carbocycles. The van der Waals surface area contributed by atoms with Crippen LogP contribution in [-0.2, 0) is 0 Å². The summed E-state index contributed by atoms with van der Waals surface area (Å²) in [6, 6.07) is 9.46. The molecule has 0 atom stereocenters. The van der Waals surface area contributed by atoms with Crippen molar-refractivity contribution >= 4 is 32.8 Å². The summed E-state index contributed by atoms with van der Waals surface area (Å²) < 4.78 is 6.59. The Morgan fingerprint density at radius 2 is 2.12 bits per heavy atom. The molecule has 0 amide bonds. The van der Waals surface area contributed by atoms with Crippen LogP contribution in [0.4, 0.5) is 5.69 Å². The first-order valence-corrected chi connectivity index (χ1v) is 5.80. The smallest absolute Gasteiger partial charge is 0.228 e. The van der Waals surface area contributed by atoms with Gasteiger partial charge in [0, 0.05) is 16.1 Å². The van der Waals surface area contributed by atoms with Gasteiger partial charge in [0.25, 0.3) is 0 Å². The standard InChI is InChI=1S/C12H8BrN3O/c13-8-3-1-2-7(4-8)12-16-11-10(17-12)5-9(14)6-15-11/h1-6H,14H2. The Morgan fingerprint density at radius 3 is 2.94 bits per heavy atom. The maximum absolute atomic E-state index is 5.64. The fourth-order valence-electron chi connectivity index (χ4n) is 1.58. The van der Waals surface area contributed by atoms with Gasteiger partial charge in [-0.25, -0.2) is 4.98 Å². The number of oxazole rings is 1. The molecule has 0 aliphatic carbocycles. The Labute approximate surface area is 106 Å². The van der Waals surface area contributed by atoms with Crippen LogP contribution in [0.2, 0.25) is 0 Å². The second kappa shape index (κ2) is 3.85. The van der Waals surface area contributed by atoms with Crippen LogP contribution in [0.3, 0.4) is 0 Å². The summed E-state index contributed by atoms with van der Waals surface area (Å²) in [5.74, 6) is 0.541. The third kappa shape index (κ3) is 1.89. The van der Waals surface area contributed by atoms with Crippen molar-refractivity contribution < 1.29 is 4.42 Å². The Kier molecular flexibility index (Phi) is 2.33. The summed E-state index contributed by atoms with van der Waals surface area (Å²) in [7, 11) is 0. The predicted octanol–water partition coefficient (Wildman–Crippen LogP) is 3.23. The first kappa shape index (κ1) is 10.3. The van der Waals surface area contributed by atoms with Crippen LogP contribution in [0.25, 0.3) is 22.7 Å². The minimum atomic E-state index is 0.541. The molecule has 0 unspecified atom stereocenters. The van der Waals surface area contributed by atoms with Crippen LogP contribution in [-0.4, -0.2) is 9.97 Å². The molecule has 84 valence electrons. The van der Waals surface area contributed by atoms with Crippen LogP contribution in [0.15, 0.2) is 45.4 Å². The molecule has 0 fully saturated rings. The highest BCUT2D eigenvalue weighted by Crippen LogP contribution is 2.26. The Hall–Kier alpha value is -1.88. The van der Waals surface area contributed by atoms with Gasteiger partial charge >= 0.3 is 0 Å². The number of benzene rings is 1. The second-order valence-electron chi connectivity index (χ2n) is 3.62. The number of nitrogens with zero attached hydrogens (tertiary/aromatic N) is 2. The molecule has 3 rings (SSSR count). The third-order valence-electron chi connectivity index (χ3n) is 2.34. The second-order valence-corrected chi connectivity index (χ2v) is 4.54. The lowest BCUT2D eigenvalue weighted by Crippen LogP contribution is -1.85.